The molecule has 2 bridgehead atoms. The number of likely N-dealkylation sites (tertiary alicyclic amines) is 2. The summed E-state index contributed by atoms with van der Waals surface area (Å²) in [6.07, 6.45) is 9.30. The van der Waals surface area contributed by atoms with Crippen LogP contribution in [0.5, 0.6) is 0 Å². The molecule has 0 radical (unpaired) electrons. The van der Waals surface area contributed by atoms with Crippen molar-refractivity contribution in [1.29, 1.82) is 0 Å². The Morgan fingerprint density at radius 2 is 1.72 bits per heavy atom. The molecule has 0 unspecified atom stereocenters. The van der Waals surface area contributed by atoms with Crippen molar-refractivity contribution < 1.29 is 14.3 Å². The van der Waals surface area contributed by atoms with Crippen LogP contribution in [0.1, 0.15) is 51.4 Å². The van der Waals surface area contributed by atoms with E-state index in [0.29, 0.717) is 19.0 Å². The Hall–Kier alpha value is -1.30. The van der Waals surface area contributed by atoms with Crippen molar-refractivity contribution in [2.45, 2.75) is 63.6 Å². The predicted octanol–water partition coefficient (Wildman–Crippen LogP) is 1.99. The van der Waals surface area contributed by atoms with Crippen molar-refractivity contribution in [3.8, 4) is 0 Å². The van der Waals surface area contributed by atoms with Gasteiger partial charge in [0.2, 0.25) is 5.91 Å². The lowest BCUT2D eigenvalue weighted by Crippen LogP contribution is -2.52. The molecule has 0 aromatic carbocycles. The van der Waals surface area contributed by atoms with Gasteiger partial charge in [0.1, 0.15) is 0 Å². The Morgan fingerprint density at radius 3 is 2.48 bits per heavy atom. The van der Waals surface area contributed by atoms with Crippen molar-refractivity contribution in [3.63, 3.8) is 0 Å². The number of ether oxygens (including phenoxy) is 1. The van der Waals surface area contributed by atoms with Gasteiger partial charge in [0.15, 0.2) is 0 Å². The normalized spacial score (nSPS) is 32.9. The Labute approximate surface area is 150 Å². The zero-order chi connectivity index (χ0) is 17.2. The molecule has 1 aliphatic carbocycles. The maximum atomic E-state index is 12.7. The van der Waals surface area contributed by atoms with E-state index in [1.54, 1.807) is 0 Å². The minimum atomic E-state index is -0.118. The number of hydrogen-bond acceptors (Lipinski definition) is 3. The van der Waals surface area contributed by atoms with E-state index in [9.17, 15) is 9.59 Å². The van der Waals surface area contributed by atoms with E-state index in [4.69, 9.17) is 4.74 Å². The lowest BCUT2D eigenvalue weighted by molar-refractivity contribution is -0.137. The molecule has 6 nitrogen and oxygen atoms in total. The number of hydrogen-bond donors (Lipinski definition) is 1. The van der Waals surface area contributed by atoms with Crippen molar-refractivity contribution >= 4 is 11.9 Å². The Bertz CT molecular complexity index is 500. The molecule has 3 atom stereocenters. The van der Waals surface area contributed by atoms with E-state index in [1.165, 1.54) is 32.1 Å². The highest BCUT2D eigenvalue weighted by Crippen LogP contribution is 2.34. The van der Waals surface area contributed by atoms with Crippen LogP contribution in [0, 0.1) is 11.8 Å². The predicted molar refractivity (Wildman–Crippen MR) is 94.1 cm³/mol. The summed E-state index contributed by atoms with van der Waals surface area (Å²) in [5.41, 5.74) is 0. The average molecular weight is 349 g/mol. The maximum absolute atomic E-state index is 12.7. The van der Waals surface area contributed by atoms with Crippen molar-refractivity contribution in [2.75, 3.05) is 32.7 Å². The van der Waals surface area contributed by atoms with Crippen LogP contribution in [-0.2, 0) is 9.53 Å². The van der Waals surface area contributed by atoms with Gasteiger partial charge in [0.05, 0.1) is 18.1 Å². The minimum Gasteiger partial charge on any atom is -0.370 e. The van der Waals surface area contributed by atoms with Crippen LogP contribution >= 0.6 is 0 Å². The Kier molecular flexibility index (Phi) is 5.15. The Balaban J connectivity index is 1.29. The number of rotatable bonds is 3. The number of morpholine rings is 1. The summed E-state index contributed by atoms with van der Waals surface area (Å²) in [5.74, 6) is 0.827. The van der Waals surface area contributed by atoms with E-state index in [2.05, 4.69) is 5.32 Å². The largest absolute Gasteiger partial charge is 0.370 e. The van der Waals surface area contributed by atoms with E-state index in [-0.39, 0.29) is 30.1 Å². The second kappa shape index (κ2) is 7.52. The van der Waals surface area contributed by atoms with Crippen LogP contribution < -0.4 is 5.32 Å². The molecule has 0 spiro atoms. The van der Waals surface area contributed by atoms with Gasteiger partial charge in [-0.1, -0.05) is 19.3 Å². The molecule has 25 heavy (non-hydrogen) atoms. The molecular weight excluding hydrogens is 318 g/mol. The molecule has 3 heterocycles. The SMILES string of the molecule is O=C(NCC1CCCCC1)N1C[C@@H]2C[C@H](C(=O)N3CCCC3)[C@H](C1)O2. The van der Waals surface area contributed by atoms with E-state index in [0.717, 1.165) is 38.9 Å². The molecule has 0 aromatic rings. The number of carbonyl (C=O) groups excluding carboxylic acids is 2. The number of urea groups is 1. The maximum Gasteiger partial charge on any atom is 0.317 e. The Morgan fingerprint density at radius 1 is 0.960 bits per heavy atom. The van der Waals surface area contributed by atoms with Crippen LogP contribution in [0.15, 0.2) is 0 Å². The van der Waals surface area contributed by atoms with Crippen molar-refractivity contribution in [3.05, 3.63) is 0 Å². The first kappa shape index (κ1) is 17.1. The first-order chi connectivity index (χ1) is 12.2. The van der Waals surface area contributed by atoms with Crippen LogP contribution in [0.3, 0.4) is 0 Å². The highest BCUT2D eigenvalue weighted by atomic mass is 16.5. The van der Waals surface area contributed by atoms with Crippen LogP contribution in [0.4, 0.5) is 4.79 Å². The number of carbonyl (C=O) groups is 2. The molecule has 0 aromatic heterocycles. The lowest BCUT2D eigenvalue weighted by atomic mass is 9.89. The van der Waals surface area contributed by atoms with Gasteiger partial charge in [0.25, 0.3) is 0 Å². The van der Waals surface area contributed by atoms with Crippen molar-refractivity contribution in [1.82, 2.24) is 15.1 Å². The van der Waals surface area contributed by atoms with Crippen LogP contribution in [-0.4, -0.2) is 66.7 Å². The summed E-state index contributed by atoms with van der Waals surface area (Å²) < 4.78 is 6.00. The highest BCUT2D eigenvalue weighted by Gasteiger charge is 2.47. The van der Waals surface area contributed by atoms with E-state index in [1.807, 2.05) is 9.80 Å². The third-order valence-electron chi connectivity index (χ3n) is 6.45. The number of fused-ring (bicyclic) bond motifs is 2. The third kappa shape index (κ3) is 3.78. The fraction of sp³-hybridized carbons (Fsp3) is 0.895. The van der Waals surface area contributed by atoms with E-state index >= 15 is 0 Å². The molecule has 3 amide bonds. The third-order valence-corrected chi connectivity index (χ3v) is 6.45. The van der Waals surface area contributed by atoms with Crippen LogP contribution in [0.25, 0.3) is 0 Å². The first-order valence-electron chi connectivity index (χ1n) is 10.2. The molecule has 140 valence electrons. The topological polar surface area (TPSA) is 61.9 Å². The molecule has 1 N–H and O–H groups in total. The molecule has 4 fully saturated rings. The fourth-order valence-electron chi connectivity index (χ4n) is 4.99. The monoisotopic (exact) mass is 349 g/mol. The van der Waals surface area contributed by atoms with Gasteiger partial charge in [-0.05, 0) is 38.0 Å². The molecular formula is C19H31N3O3. The smallest absolute Gasteiger partial charge is 0.317 e. The van der Waals surface area contributed by atoms with Gasteiger partial charge in [-0.3, -0.25) is 4.79 Å². The summed E-state index contributed by atoms with van der Waals surface area (Å²) in [4.78, 5) is 29.1. The van der Waals surface area contributed by atoms with E-state index < -0.39 is 0 Å². The zero-order valence-electron chi connectivity index (χ0n) is 15.1. The number of nitrogens with one attached hydrogen (secondary N) is 1. The summed E-state index contributed by atoms with van der Waals surface area (Å²) in [7, 11) is 0. The molecule has 3 aliphatic heterocycles. The molecule has 1 saturated carbocycles. The summed E-state index contributed by atoms with van der Waals surface area (Å²) in [6, 6.07) is 0.0261. The number of amides is 3. The average Bonchev–Trinajstić information content (AvgIpc) is 3.28. The number of nitrogens with zero attached hydrogens (tertiary/aromatic N) is 2. The lowest BCUT2D eigenvalue weighted by Gasteiger charge is -2.33. The van der Waals surface area contributed by atoms with Gasteiger partial charge in [-0.15, -0.1) is 0 Å². The molecule has 6 heteroatoms. The second-order valence-corrected chi connectivity index (χ2v) is 8.27. The second-order valence-electron chi connectivity index (χ2n) is 8.27. The molecule has 3 saturated heterocycles. The minimum absolute atomic E-state index is 0.0238. The fourth-order valence-corrected chi connectivity index (χ4v) is 4.99. The summed E-state index contributed by atoms with van der Waals surface area (Å²) in [5, 5.41) is 3.13. The standard InChI is InChI=1S/C19H31N3O3/c23-18(21-8-4-5-9-21)16-10-15-12-22(13-17(16)25-15)19(24)20-11-14-6-2-1-3-7-14/h14-17H,1-13H2,(H,20,24)/t15-,16-,17-/m0/s1. The van der Waals surface area contributed by atoms with Gasteiger partial charge < -0.3 is 19.9 Å². The summed E-state index contributed by atoms with van der Waals surface area (Å²) >= 11 is 0. The molecule has 4 rings (SSSR count). The van der Waals surface area contributed by atoms with Gasteiger partial charge in [0, 0.05) is 32.7 Å². The highest BCUT2D eigenvalue weighted by molar-refractivity contribution is 5.80. The van der Waals surface area contributed by atoms with Gasteiger partial charge in [-0.2, -0.15) is 0 Å². The van der Waals surface area contributed by atoms with Crippen molar-refractivity contribution in [2.24, 2.45) is 11.8 Å². The first-order valence-corrected chi connectivity index (χ1v) is 10.2. The summed E-state index contributed by atoms with van der Waals surface area (Å²) in [6.45, 7) is 3.74. The van der Waals surface area contributed by atoms with Gasteiger partial charge >= 0.3 is 6.03 Å². The quantitative estimate of drug-likeness (QED) is 0.848. The van der Waals surface area contributed by atoms with Crippen LogP contribution in [0.2, 0.25) is 0 Å². The van der Waals surface area contributed by atoms with Gasteiger partial charge in [-0.25, -0.2) is 4.79 Å². The molecule has 4 aliphatic rings. The zero-order valence-corrected chi connectivity index (χ0v) is 15.1.